The summed E-state index contributed by atoms with van der Waals surface area (Å²) >= 11 is 0. The highest BCUT2D eigenvalue weighted by Crippen LogP contribution is 2.45. The molecule has 5 rings (SSSR count). The third kappa shape index (κ3) is 5.97. The Bertz CT molecular complexity index is 1660. The molecule has 0 saturated heterocycles. The van der Waals surface area contributed by atoms with Crippen molar-refractivity contribution < 1.29 is 23.7 Å². The Kier molecular flexibility index (Phi) is 8.11. The second-order valence-corrected chi connectivity index (χ2v) is 10.4. The minimum atomic E-state index is -0.497. The number of carbonyl (C=O) groups is 1. The van der Waals surface area contributed by atoms with E-state index in [9.17, 15) is 10.1 Å². The minimum absolute atomic E-state index is 0.000425. The number of nitrogens with zero attached hydrogens (tertiary/aromatic N) is 1. The maximum absolute atomic E-state index is 12.9. The Balaban J connectivity index is 1.40. The first kappa shape index (κ1) is 27.6. The van der Waals surface area contributed by atoms with Gasteiger partial charge in [-0.05, 0) is 52.4 Å². The average molecular weight is 549 g/mol. The van der Waals surface area contributed by atoms with Crippen LogP contribution in [0.2, 0.25) is 0 Å². The van der Waals surface area contributed by atoms with Crippen LogP contribution in [-0.2, 0) is 11.2 Å². The van der Waals surface area contributed by atoms with E-state index in [0.717, 1.165) is 33.9 Å². The number of ether oxygens (including phenoxy) is 4. The summed E-state index contributed by atoms with van der Waals surface area (Å²) in [6, 6.07) is 26.7. The molecule has 0 radical (unpaired) electrons. The Morgan fingerprint density at radius 3 is 2.61 bits per heavy atom. The zero-order valence-corrected chi connectivity index (χ0v) is 23.3. The molecule has 7 nitrogen and oxygen atoms in total. The first-order chi connectivity index (χ1) is 19.9. The molecule has 1 unspecified atom stereocenters. The van der Waals surface area contributed by atoms with E-state index >= 15 is 0 Å². The molecule has 0 aliphatic carbocycles. The quantitative estimate of drug-likeness (QED) is 0.185. The molecule has 1 aliphatic heterocycles. The van der Waals surface area contributed by atoms with Gasteiger partial charge in [0.25, 0.3) is 0 Å². The normalized spacial score (nSPS) is 14.3. The van der Waals surface area contributed by atoms with Crippen molar-refractivity contribution in [3.63, 3.8) is 0 Å². The summed E-state index contributed by atoms with van der Waals surface area (Å²) in [4.78, 5) is 12.9. The number of hydrogen-bond acceptors (Lipinski definition) is 7. The van der Waals surface area contributed by atoms with Crippen LogP contribution in [0, 0.1) is 17.2 Å². The smallest absolute Gasteiger partial charge is 0.315 e. The van der Waals surface area contributed by atoms with E-state index in [0.29, 0.717) is 35.5 Å². The number of rotatable bonds is 9. The van der Waals surface area contributed by atoms with Crippen molar-refractivity contribution >= 4 is 16.7 Å². The van der Waals surface area contributed by atoms with E-state index in [4.69, 9.17) is 24.7 Å². The number of esters is 1. The van der Waals surface area contributed by atoms with Gasteiger partial charge in [-0.15, -0.1) is 0 Å². The lowest BCUT2D eigenvalue weighted by Crippen LogP contribution is -2.21. The minimum Gasteiger partial charge on any atom is -0.493 e. The second-order valence-electron chi connectivity index (χ2n) is 10.4. The van der Waals surface area contributed by atoms with Crippen molar-refractivity contribution in [1.82, 2.24) is 0 Å². The van der Waals surface area contributed by atoms with E-state index in [1.165, 1.54) is 0 Å². The summed E-state index contributed by atoms with van der Waals surface area (Å²) in [6.07, 6.45) is 1.04. The number of allylic oxidation sites excluding steroid dienone is 1. The molecule has 1 heterocycles. The number of benzene rings is 4. The van der Waals surface area contributed by atoms with E-state index in [-0.39, 0.29) is 17.9 Å². The van der Waals surface area contributed by atoms with Crippen LogP contribution in [0.3, 0.4) is 0 Å². The number of fused-ring (bicyclic) bond motifs is 2. The molecule has 1 aliphatic rings. The summed E-state index contributed by atoms with van der Waals surface area (Å²) in [5.41, 5.74) is 8.89. The fourth-order valence-electron chi connectivity index (χ4n) is 5.00. The molecule has 7 heteroatoms. The Morgan fingerprint density at radius 1 is 1.02 bits per heavy atom. The largest absolute Gasteiger partial charge is 0.493 e. The predicted octanol–water partition coefficient (Wildman–Crippen LogP) is 6.64. The van der Waals surface area contributed by atoms with Gasteiger partial charge in [-0.25, -0.2) is 0 Å². The SMILES string of the molecule is COc1cc(C2C(C#N)=C(N)Oc3cc(OC(=O)Cc4cccc5ccccc45)ccc32)ccc1OCCC(C)C. The first-order valence-electron chi connectivity index (χ1n) is 13.6. The van der Waals surface area contributed by atoms with E-state index in [1.807, 2.05) is 60.7 Å². The zero-order chi connectivity index (χ0) is 28.9. The third-order valence-corrected chi connectivity index (χ3v) is 7.11. The topological polar surface area (TPSA) is 104 Å². The van der Waals surface area contributed by atoms with Gasteiger partial charge >= 0.3 is 5.97 Å². The highest BCUT2D eigenvalue weighted by Gasteiger charge is 2.32. The summed E-state index contributed by atoms with van der Waals surface area (Å²) in [7, 11) is 1.58. The van der Waals surface area contributed by atoms with Crippen molar-refractivity contribution in [2.24, 2.45) is 11.7 Å². The van der Waals surface area contributed by atoms with Gasteiger partial charge in [-0.3, -0.25) is 4.79 Å². The van der Waals surface area contributed by atoms with Crippen LogP contribution in [0.5, 0.6) is 23.0 Å². The average Bonchev–Trinajstić information content (AvgIpc) is 2.96. The molecule has 2 N–H and O–H groups in total. The summed E-state index contributed by atoms with van der Waals surface area (Å²) in [6.45, 7) is 4.86. The lowest BCUT2D eigenvalue weighted by atomic mass is 9.83. The molecule has 0 amide bonds. The van der Waals surface area contributed by atoms with Gasteiger partial charge in [0.2, 0.25) is 5.88 Å². The number of nitrogens with two attached hydrogens (primary N) is 1. The van der Waals surface area contributed by atoms with Crippen LogP contribution < -0.4 is 24.7 Å². The lowest BCUT2D eigenvalue weighted by Gasteiger charge is -2.27. The van der Waals surface area contributed by atoms with Gasteiger partial charge in [0, 0.05) is 11.6 Å². The molecule has 0 aromatic heterocycles. The van der Waals surface area contributed by atoms with Gasteiger partial charge in [-0.1, -0.05) is 68.4 Å². The highest BCUT2D eigenvalue weighted by molar-refractivity contribution is 5.89. The maximum Gasteiger partial charge on any atom is 0.315 e. The van der Waals surface area contributed by atoms with Crippen LogP contribution >= 0.6 is 0 Å². The van der Waals surface area contributed by atoms with E-state index in [1.54, 1.807) is 25.3 Å². The van der Waals surface area contributed by atoms with Crippen molar-refractivity contribution in [3.8, 4) is 29.1 Å². The Hall–Kier alpha value is -4.96. The lowest BCUT2D eigenvalue weighted by molar-refractivity contribution is -0.133. The van der Waals surface area contributed by atoms with E-state index in [2.05, 4.69) is 19.9 Å². The van der Waals surface area contributed by atoms with Crippen molar-refractivity contribution in [2.75, 3.05) is 13.7 Å². The molecule has 4 aromatic carbocycles. The Labute approximate surface area is 239 Å². The number of nitriles is 1. The molecular weight excluding hydrogens is 516 g/mol. The van der Waals surface area contributed by atoms with Crippen molar-refractivity contribution in [3.05, 3.63) is 107 Å². The molecule has 0 bridgehead atoms. The number of hydrogen-bond donors (Lipinski definition) is 1. The highest BCUT2D eigenvalue weighted by atomic mass is 16.5. The van der Waals surface area contributed by atoms with Crippen molar-refractivity contribution in [1.29, 1.82) is 5.26 Å². The van der Waals surface area contributed by atoms with Gasteiger partial charge in [0.15, 0.2) is 11.5 Å². The molecule has 0 spiro atoms. The Morgan fingerprint density at radius 2 is 1.83 bits per heavy atom. The van der Waals surface area contributed by atoms with Crippen molar-refractivity contribution in [2.45, 2.75) is 32.6 Å². The molecule has 41 heavy (non-hydrogen) atoms. The molecule has 1 atom stereocenters. The fourth-order valence-corrected chi connectivity index (χ4v) is 5.00. The predicted molar refractivity (Wildman–Crippen MR) is 157 cm³/mol. The first-order valence-corrected chi connectivity index (χ1v) is 13.6. The monoisotopic (exact) mass is 548 g/mol. The molecule has 0 fully saturated rings. The number of methoxy groups -OCH3 is 1. The van der Waals surface area contributed by atoms with Gasteiger partial charge in [-0.2, -0.15) is 5.26 Å². The standard InChI is InChI=1S/C34H32N2O5/c1-21(2)15-16-39-29-14-11-24(17-31(29)38-3)33-27-13-12-25(19-30(27)41-34(36)28(33)20-35)40-32(37)18-23-9-6-8-22-7-4-5-10-26(22)23/h4-14,17,19,21,33H,15-16,18,36H2,1-3H3. The van der Waals surface area contributed by atoms with Gasteiger partial charge < -0.3 is 24.7 Å². The summed E-state index contributed by atoms with van der Waals surface area (Å²) in [5.74, 6) is 1.57. The zero-order valence-electron chi connectivity index (χ0n) is 23.3. The van der Waals surface area contributed by atoms with Crippen LogP contribution in [0.15, 0.2) is 90.3 Å². The van der Waals surface area contributed by atoms with E-state index < -0.39 is 11.9 Å². The van der Waals surface area contributed by atoms with Crippen LogP contribution in [0.4, 0.5) is 0 Å². The molecular formula is C34H32N2O5. The maximum atomic E-state index is 12.9. The molecule has 0 saturated carbocycles. The molecule has 208 valence electrons. The third-order valence-electron chi connectivity index (χ3n) is 7.11. The van der Waals surface area contributed by atoms with Crippen LogP contribution in [0.1, 0.15) is 42.9 Å². The number of carbonyl (C=O) groups excluding carboxylic acids is 1. The van der Waals surface area contributed by atoms with Crippen LogP contribution in [0.25, 0.3) is 10.8 Å². The second kappa shape index (κ2) is 12.1. The summed E-state index contributed by atoms with van der Waals surface area (Å²) < 4.78 is 23.1. The summed E-state index contributed by atoms with van der Waals surface area (Å²) in [5, 5.41) is 12.0. The molecule has 4 aromatic rings. The van der Waals surface area contributed by atoms with Gasteiger partial charge in [0.1, 0.15) is 23.1 Å². The van der Waals surface area contributed by atoms with Gasteiger partial charge in [0.05, 0.1) is 26.1 Å². The fraction of sp³-hybridized carbons (Fsp3) is 0.235. The van der Waals surface area contributed by atoms with Crippen LogP contribution in [-0.4, -0.2) is 19.7 Å².